The largest absolute Gasteiger partial charge is 0.446 e. The van der Waals surface area contributed by atoms with Gasteiger partial charge in [0.05, 0.1) is 6.54 Å². The Kier molecular flexibility index (Phi) is 4.59. The van der Waals surface area contributed by atoms with Gasteiger partial charge in [-0.1, -0.05) is 23.7 Å². The van der Waals surface area contributed by atoms with Crippen LogP contribution in [0.5, 0.6) is 0 Å². The highest BCUT2D eigenvalue weighted by Gasteiger charge is 2.30. The molecule has 0 atom stereocenters. The molecule has 19 heavy (non-hydrogen) atoms. The molecule has 0 spiro atoms. The predicted octanol–water partition coefficient (Wildman–Crippen LogP) is 5.02. The van der Waals surface area contributed by atoms with E-state index in [-0.39, 0.29) is 16.7 Å². The first-order valence-electron chi connectivity index (χ1n) is 5.13. The molecule has 0 bridgehead atoms. The number of nitrogens with zero attached hydrogens (tertiary/aromatic N) is 1. The summed E-state index contributed by atoms with van der Waals surface area (Å²) in [6.07, 6.45) is 1.60. The predicted molar refractivity (Wildman–Crippen MR) is 72.8 cm³/mol. The van der Waals surface area contributed by atoms with E-state index >= 15 is 0 Å². The van der Waals surface area contributed by atoms with Crippen molar-refractivity contribution in [3.63, 3.8) is 0 Å². The topological polar surface area (TPSA) is 24.9 Å². The summed E-state index contributed by atoms with van der Waals surface area (Å²) < 4.78 is 37.6. The standard InChI is InChI=1S/C11H8ClF3N2S2/c12-10-17-6-7(18-10)5-16-8-3-1-2-4-9(8)19-11(13,14)15/h1-4,6,16H,5H2. The number of thioether (sulfide) groups is 1. The lowest BCUT2D eigenvalue weighted by molar-refractivity contribution is -0.0327. The first-order chi connectivity index (χ1) is 8.94. The number of aromatic nitrogens is 1. The first-order valence-corrected chi connectivity index (χ1v) is 7.14. The minimum Gasteiger partial charge on any atom is -0.379 e. The van der Waals surface area contributed by atoms with Crippen molar-refractivity contribution in [2.45, 2.75) is 16.9 Å². The van der Waals surface area contributed by atoms with Crippen LogP contribution in [0.3, 0.4) is 0 Å². The molecule has 2 rings (SSSR count). The first kappa shape index (κ1) is 14.5. The van der Waals surface area contributed by atoms with Gasteiger partial charge in [-0.15, -0.1) is 11.3 Å². The summed E-state index contributed by atoms with van der Waals surface area (Å²) in [6, 6.07) is 6.29. The molecule has 1 N–H and O–H groups in total. The third-order valence-corrected chi connectivity index (χ3v) is 4.01. The second-order valence-electron chi connectivity index (χ2n) is 3.48. The lowest BCUT2D eigenvalue weighted by atomic mass is 10.3. The van der Waals surface area contributed by atoms with Gasteiger partial charge >= 0.3 is 5.51 Å². The Morgan fingerprint density at radius 2 is 2.05 bits per heavy atom. The van der Waals surface area contributed by atoms with Crippen molar-refractivity contribution < 1.29 is 13.2 Å². The highest BCUT2D eigenvalue weighted by Crippen LogP contribution is 2.40. The van der Waals surface area contributed by atoms with Crippen LogP contribution in [-0.4, -0.2) is 10.5 Å². The summed E-state index contributed by atoms with van der Waals surface area (Å²) >= 11 is 6.84. The SMILES string of the molecule is FC(F)(F)Sc1ccccc1NCc1cnc(Cl)s1. The van der Waals surface area contributed by atoms with Crippen molar-refractivity contribution in [2.24, 2.45) is 0 Å². The van der Waals surface area contributed by atoms with E-state index in [9.17, 15) is 13.2 Å². The minimum atomic E-state index is -4.30. The number of rotatable bonds is 4. The van der Waals surface area contributed by atoms with Crippen molar-refractivity contribution in [3.8, 4) is 0 Å². The van der Waals surface area contributed by atoms with E-state index in [1.165, 1.54) is 17.4 Å². The molecule has 2 aromatic rings. The molecule has 8 heteroatoms. The van der Waals surface area contributed by atoms with Crippen molar-refractivity contribution in [3.05, 3.63) is 39.8 Å². The second kappa shape index (κ2) is 6.02. The van der Waals surface area contributed by atoms with E-state index in [0.717, 1.165) is 4.88 Å². The van der Waals surface area contributed by atoms with Gasteiger partial charge in [0.1, 0.15) is 0 Å². The highest BCUT2D eigenvalue weighted by atomic mass is 35.5. The van der Waals surface area contributed by atoms with Crippen LogP contribution in [0.25, 0.3) is 0 Å². The molecule has 1 heterocycles. The smallest absolute Gasteiger partial charge is 0.379 e. The van der Waals surface area contributed by atoms with Gasteiger partial charge in [0, 0.05) is 21.7 Å². The number of thiazole rings is 1. The van der Waals surface area contributed by atoms with Crippen LogP contribution in [0.15, 0.2) is 35.4 Å². The average Bonchev–Trinajstić information content (AvgIpc) is 2.72. The van der Waals surface area contributed by atoms with Gasteiger partial charge in [0.2, 0.25) is 0 Å². The lowest BCUT2D eigenvalue weighted by Gasteiger charge is -2.12. The van der Waals surface area contributed by atoms with E-state index in [2.05, 4.69) is 10.3 Å². The Bertz CT molecular complexity index is 557. The van der Waals surface area contributed by atoms with E-state index in [0.29, 0.717) is 16.7 Å². The van der Waals surface area contributed by atoms with Gasteiger partial charge in [0.25, 0.3) is 0 Å². The molecule has 102 valence electrons. The van der Waals surface area contributed by atoms with Crippen molar-refractivity contribution in [2.75, 3.05) is 5.32 Å². The fraction of sp³-hybridized carbons (Fsp3) is 0.182. The van der Waals surface area contributed by atoms with Crippen molar-refractivity contribution in [1.82, 2.24) is 4.98 Å². The quantitative estimate of drug-likeness (QED) is 0.799. The van der Waals surface area contributed by atoms with Crippen LogP contribution < -0.4 is 5.32 Å². The van der Waals surface area contributed by atoms with Crippen LogP contribution in [0.2, 0.25) is 4.47 Å². The van der Waals surface area contributed by atoms with E-state index < -0.39 is 5.51 Å². The van der Waals surface area contributed by atoms with Gasteiger partial charge in [-0.2, -0.15) is 13.2 Å². The number of halogens is 4. The third-order valence-electron chi connectivity index (χ3n) is 2.09. The monoisotopic (exact) mass is 324 g/mol. The molecule has 1 aromatic heterocycles. The van der Waals surface area contributed by atoms with Gasteiger partial charge < -0.3 is 5.32 Å². The molecule has 1 aromatic carbocycles. The van der Waals surface area contributed by atoms with E-state index in [1.54, 1.807) is 24.4 Å². The van der Waals surface area contributed by atoms with Crippen LogP contribution >= 0.6 is 34.7 Å². The molecule has 0 saturated carbocycles. The molecule has 0 radical (unpaired) electrons. The molecule has 0 saturated heterocycles. The van der Waals surface area contributed by atoms with Crippen LogP contribution in [0, 0.1) is 0 Å². The summed E-state index contributed by atoms with van der Waals surface area (Å²) in [5.41, 5.74) is -3.86. The van der Waals surface area contributed by atoms with E-state index in [1.807, 2.05) is 0 Å². The zero-order valence-electron chi connectivity index (χ0n) is 9.37. The lowest BCUT2D eigenvalue weighted by Crippen LogP contribution is -2.03. The summed E-state index contributed by atoms with van der Waals surface area (Å²) in [7, 11) is 0. The molecule has 0 fully saturated rings. The maximum atomic E-state index is 12.4. The summed E-state index contributed by atoms with van der Waals surface area (Å²) in [5, 5.41) is 2.96. The van der Waals surface area contributed by atoms with Gasteiger partial charge in [-0.25, -0.2) is 4.98 Å². The maximum Gasteiger partial charge on any atom is 0.446 e. The Balaban J connectivity index is 2.07. The molecule has 0 aliphatic heterocycles. The molecular weight excluding hydrogens is 317 g/mol. The fourth-order valence-electron chi connectivity index (χ4n) is 1.37. The summed E-state index contributed by atoms with van der Waals surface area (Å²) in [6.45, 7) is 0.389. The number of hydrogen-bond donors (Lipinski definition) is 1. The molecule has 0 aliphatic rings. The number of nitrogens with one attached hydrogen (secondary N) is 1. The number of para-hydroxylation sites is 1. The zero-order valence-corrected chi connectivity index (χ0v) is 11.8. The van der Waals surface area contributed by atoms with Gasteiger partial charge in [-0.3, -0.25) is 0 Å². The van der Waals surface area contributed by atoms with Gasteiger partial charge in [0.15, 0.2) is 4.47 Å². The van der Waals surface area contributed by atoms with Crippen molar-refractivity contribution in [1.29, 1.82) is 0 Å². The summed E-state index contributed by atoms with van der Waals surface area (Å²) in [5.74, 6) is 0. The number of benzene rings is 1. The van der Waals surface area contributed by atoms with E-state index in [4.69, 9.17) is 11.6 Å². The molecule has 0 unspecified atom stereocenters. The number of alkyl halides is 3. The Labute approximate surface area is 121 Å². The molecular formula is C11H8ClF3N2S2. The Morgan fingerprint density at radius 1 is 1.32 bits per heavy atom. The number of hydrogen-bond acceptors (Lipinski definition) is 4. The van der Waals surface area contributed by atoms with Crippen LogP contribution in [0.4, 0.5) is 18.9 Å². The third kappa shape index (κ3) is 4.59. The zero-order chi connectivity index (χ0) is 13.9. The highest BCUT2D eigenvalue weighted by molar-refractivity contribution is 8.00. The minimum absolute atomic E-state index is 0.133. The summed E-state index contributed by atoms with van der Waals surface area (Å²) in [4.78, 5) is 4.87. The molecule has 2 nitrogen and oxygen atoms in total. The van der Waals surface area contributed by atoms with Crippen LogP contribution in [0.1, 0.15) is 4.88 Å². The normalized spacial score (nSPS) is 11.6. The maximum absolute atomic E-state index is 12.4. The van der Waals surface area contributed by atoms with Crippen LogP contribution in [-0.2, 0) is 6.54 Å². The van der Waals surface area contributed by atoms with Gasteiger partial charge in [-0.05, 0) is 23.9 Å². The fourth-order valence-corrected chi connectivity index (χ4v) is 2.94. The second-order valence-corrected chi connectivity index (χ2v) is 6.28. The Morgan fingerprint density at radius 3 is 2.68 bits per heavy atom. The average molecular weight is 325 g/mol. The molecule has 0 amide bonds. The number of anilines is 1. The molecule has 0 aliphatic carbocycles. The van der Waals surface area contributed by atoms with Crippen molar-refractivity contribution >= 4 is 40.4 Å². The Hall–Kier alpha value is -0.920.